The molecule has 6 heteroatoms. The summed E-state index contributed by atoms with van der Waals surface area (Å²) in [5.74, 6) is -0.977. The van der Waals surface area contributed by atoms with Crippen molar-refractivity contribution in [1.29, 1.82) is 0 Å². The highest BCUT2D eigenvalue weighted by molar-refractivity contribution is 7.12. The van der Waals surface area contributed by atoms with E-state index in [0.717, 1.165) is 27.0 Å². The number of allylic oxidation sites excluding steroid dienone is 4. The van der Waals surface area contributed by atoms with Crippen molar-refractivity contribution in [2.24, 2.45) is 0 Å². The summed E-state index contributed by atoms with van der Waals surface area (Å²) in [6, 6.07) is 0. The molecule has 1 aromatic rings. The van der Waals surface area contributed by atoms with Crippen molar-refractivity contribution in [3.8, 4) is 0 Å². The smallest absolute Gasteiger partial charge is 0.412 e. The number of hydrogen-bond donors (Lipinski definition) is 1. The first-order valence-electron chi connectivity index (χ1n) is 6.48. The number of aryl methyl sites for hydroxylation is 2. The molecule has 0 saturated heterocycles. The molecule has 0 bridgehead atoms. The van der Waals surface area contributed by atoms with Crippen LogP contribution in [0.3, 0.4) is 0 Å². The van der Waals surface area contributed by atoms with Crippen LogP contribution in [-0.4, -0.2) is 17.3 Å². The van der Waals surface area contributed by atoms with Crippen LogP contribution in [0.4, 0.5) is 13.2 Å². The monoisotopic (exact) mass is 316 g/mol. The van der Waals surface area contributed by atoms with Gasteiger partial charge in [0.2, 0.25) is 0 Å². The van der Waals surface area contributed by atoms with Gasteiger partial charge in [-0.3, -0.25) is 0 Å². The highest BCUT2D eigenvalue weighted by Crippen LogP contribution is 2.35. The predicted molar refractivity (Wildman–Crippen MR) is 75.9 cm³/mol. The largest absolute Gasteiger partial charge is 0.478 e. The van der Waals surface area contributed by atoms with E-state index in [1.807, 2.05) is 6.92 Å². The molecule has 0 unspecified atom stereocenters. The average molecular weight is 316 g/mol. The van der Waals surface area contributed by atoms with Crippen molar-refractivity contribution >= 4 is 17.3 Å². The Morgan fingerprint density at radius 2 is 1.90 bits per heavy atom. The lowest BCUT2D eigenvalue weighted by Crippen LogP contribution is -2.14. The van der Waals surface area contributed by atoms with Crippen LogP contribution in [-0.2, 0) is 6.42 Å². The Morgan fingerprint density at radius 1 is 1.24 bits per heavy atom. The molecule has 0 spiro atoms. The normalized spacial score (nSPS) is 15.7. The summed E-state index contributed by atoms with van der Waals surface area (Å²) in [6.45, 7) is 3.60. The molecular formula is C15H15F3O2S. The third-order valence-corrected chi connectivity index (χ3v) is 4.67. The van der Waals surface area contributed by atoms with Crippen LogP contribution in [0.1, 0.15) is 38.5 Å². The minimum Gasteiger partial charge on any atom is -0.478 e. The van der Waals surface area contributed by atoms with Crippen molar-refractivity contribution in [2.75, 3.05) is 0 Å². The molecule has 0 saturated carbocycles. The third-order valence-electron chi connectivity index (χ3n) is 3.60. The number of hydrogen-bond acceptors (Lipinski definition) is 2. The maximum Gasteiger partial charge on any atom is 0.412 e. The number of carbonyl (C=O) groups is 1. The topological polar surface area (TPSA) is 37.3 Å². The maximum absolute atomic E-state index is 12.6. The molecule has 0 radical (unpaired) electrons. The molecule has 0 atom stereocenters. The molecule has 21 heavy (non-hydrogen) atoms. The van der Waals surface area contributed by atoms with Gasteiger partial charge in [0.25, 0.3) is 0 Å². The fourth-order valence-corrected chi connectivity index (χ4v) is 3.58. The second-order valence-corrected chi connectivity index (χ2v) is 6.49. The first-order chi connectivity index (χ1) is 9.70. The number of carboxylic acids is 1. The average Bonchev–Trinajstić information content (AvgIpc) is 2.63. The van der Waals surface area contributed by atoms with E-state index in [-0.39, 0.29) is 6.42 Å². The van der Waals surface area contributed by atoms with Gasteiger partial charge in [-0.1, -0.05) is 17.7 Å². The Kier molecular flexibility index (Phi) is 4.27. The van der Waals surface area contributed by atoms with Crippen molar-refractivity contribution in [3.05, 3.63) is 44.2 Å². The van der Waals surface area contributed by atoms with E-state index in [4.69, 9.17) is 0 Å². The van der Waals surface area contributed by atoms with Crippen LogP contribution < -0.4 is 0 Å². The van der Waals surface area contributed by atoms with Gasteiger partial charge in [-0.15, -0.1) is 11.3 Å². The van der Waals surface area contributed by atoms with E-state index in [1.165, 1.54) is 17.4 Å². The molecule has 0 amide bonds. The van der Waals surface area contributed by atoms with Crippen LogP contribution in [0, 0.1) is 13.8 Å². The number of carboxylic acid groups (broad SMARTS) is 1. The number of aromatic carboxylic acids is 1. The lowest BCUT2D eigenvalue weighted by atomic mass is 9.92. The Balaban J connectivity index is 2.27. The highest BCUT2D eigenvalue weighted by atomic mass is 32.1. The number of thiophene rings is 1. The molecule has 1 aromatic heterocycles. The molecule has 2 nitrogen and oxygen atoms in total. The zero-order valence-electron chi connectivity index (χ0n) is 11.7. The molecule has 2 rings (SSSR count). The first-order valence-corrected chi connectivity index (χ1v) is 7.29. The van der Waals surface area contributed by atoms with Crippen LogP contribution in [0.5, 0.6) is 0 Å². The van der Waals surface area contributed by atoms with Crippen LogP contribution in [0.2, 0.25) is 0 Å². The van der Waals surface area contributed by atoms with Gasteiger partial charge in [-0.05, 0) is 38.7 Å². The fraction of sp³-hybridized carbons (Fsp3) is 0.400. The Morgan fingerprint density at radius 3 is 2.38 bits per heavy atom. The molecule has 1 heterocycles. The van der Waals surface area contributed by atoms with Gasteiger partial charge in [0, 0.05) is 15.3 Å². The number of alkyl halides is 3. The lowest BCUT2D eigenvalue weighted by molar-refractivity contribution is -0.0941. The minimum atomic E-state index is -4.27. The fourth-order valence-electron chi connectivity index (χ4n) is 2.51. The van der Waals surface area contributed by atoms with E-state index in [9.17, 15) is 23.1 Å². The second-order valence-electron chi connectivity index (χ2n) is 5.06. The van der Waals surface area contributed by atoms with Crippen LogP contribution >= 0.6 is 11.3 Å². The van der Waals surface area contributed by atoms with E-state index >= 15 is 0 Å². The van der Waals surface area contributed by atoms with Gasteiger partial charge < -0.3 is 5.11 Å². The van der Waals surface area contributed by atoms with Gasteiger partial charge in [-0.25, -0.2) is 4.79 Å². The molecule has 114 valence electrons. The van der Waals surface area contributed by atoms with Crippen LogP contribution in [0.25, 0.3) is 0 Å². The molecule has 0 fully saturated rings. The molecule has 1 N–H and O–H groups in total. The summed E-state index contributed by atoms with van der Waals surface area (Å²) in [4.78, 5) is 13.0. The first kappa shape index (κ1) is 15.8. The Hall–Kier alpha value is -1.56. The van der Waals surface area contributed by atoms with E-state index < -0.39 is 17.7 Å². The molecule has 0 aliphatic heterocycles. The van der Waals surface area contributed by atoms with Crippen molar-refractivity contribution in [3.63, 3.8) is 0 Å². The number of halogens is 3. The standard InChI is InChI=1S/C15H15F3O2S/c1-8-12(13(14(19)20)9(2)21-8)7-10-3-5-11(6-4-10)15(16,17)18/h3,5H,4,6-7H2,1-2H3,(H,19,20). The summed E-state index contributed by atoms with van der Waals surface area (Å²) in [6.07, 6.45) is -1.01. The van der Waals surface area contributed by atoms with Gasteiger partial charge in [-0.2, -0.15) is 13.2 Å². The number of rotatable bonds is 3. The minimum absolute atomic E-state index is 0.0418. The zero-order valence-corrected chi connectivity index (χ0v) is 12.5. The quantitative estimate of drug-likeness (QED) is 0.868. The molecule has 1 aliphatic rings. The Labute approximate surface area is 124 Å². The maximum atomic E-state index is 12.6. The summed E-state index contributed by atoms with van der Waals surface area (Å²) < 4.78 is 37.7. The summed E-state index contributed by atoms with van der Waals surface area (Å²) in [5, 5.41) is 9.26. The highest BCUT2D eigenvalue weighted by Gasteiger charge is 2.33. The van der Waals surface area contributed by atoms with Crippen LogP contribution in [0.15, 0.2) is 23.3 Å². The Bertz CT molecular complexity index is 636. The van der Waals surface area contributed by atoms with Crippen molar-refractivity contribution in [1.82, 2.24) is 0 Å². The van der Waals surface area contributed by atoms with Crippen molar-refractivity contribution < 1.29 is 23.1 Å². The molecule has 1 aliphatic carbocycles. The summed E-state index contributed by atoms with van der Waals surface area (Å²) in [5.41, 5.74) is 1.33. The third kappa shape index (κ3) is 3.37. The summed E-state index contributed by atoms with van der Waals surface area (Å²) in [7, 11) is 0. The van der Waals surface area contributed by atoms with Gasteiger partial charge in [0.1, 0.15) is 0 Å². The SMILES string of the molecule is Cc1sc(C)c(C(=O)O)c1CC1=CC=C(C(F)(F)F)CC1. The van der Waals surface area contributed by atoms with Gasteiger partial charge in [0.05, 0.1) is 5.56 Å². The van der Waals surface area contributed by atoms with E-state index in [2.05, 4.69) is 0 Å². The molecular weight excluding hydrogens is 301 g/mol. The van der Waals surface area contributed by atoms with E-state index in [1.54, 1.807) is 6.92 Å². The lowest BCUT2D eigenvalue weighted by Gasteiger charge is -2.17. The van der Waals surface area contributed by atoms with Crippen molar-refractivity contribution in [2.45, 2.75) is 39.3 Å². The zero-order chi connectivity index (χ0) is 15.8. The van der Waals surface area contributed by atoms with Gasteiger partial charge in [0.15, 0.2) is 0 Å². The van der Waals surface area contributed by atoms with E-state index in [0.29, 0.717) is 18.4 Å². The predicted octanol–water partition coefficient (Wildman–Crippen LogP) is 4.81. The summed E-state index contributed by atoms with van der Waals surface area (Å²) >= 11 is 1.41. The second kappa shape index (κ2) is 5.67. The molecule has 0 aromatic carbocycles. The van der Waals surface area contributed by atoms with Gasteiger partial charge >= 0.3 is 12.1 Å².